The van der Waals surface area contributed by atoms with Crippen LogP contribution in [0.15, 0.2) is 30.6 Å². The summed E-state index contributed by atoms with van der Waals surface area (Å²) in [5.41, 5.74) is 1.11. The summed E-state index contributed by atoms with van der Waals surface area (Å²) in [5, 5.41) is 4.67. The van der Waals surface area contributed by atoms with Crippen LogP contribution in [0.4, 0.5) is 0 Å². The molecule has 2 aliphatic carbocycles. The van der Waals surface area contributed by atoms with Crippen LogP contribution in [-0.2, 0) is 6.54 Å². The highest BCUT2D eigenvalue weighted by atomic mass is 127. The van der Waals surface area contributed by atoms with Gasteiger partial charge in [0, 0.05) is 15.7 Å². The predicted octanol–water partition coefficient (Wildman–Crippen LogP) is 3.99. The molecule has 0 amide bonds. The molecule has 0 radical (unpaired) electrons. The quantitative estimate of drug-likeness (QED) is 0.756. The molecule has 4 rings (SSSR count). The average Bonchev–Trinajstić information content (AvgIpc) is 3.14. The summed E-state index contributed by atoms with van der Waals surface area (Å²) in [5.74, 6) is 3.64. The minimum atomic E-state index is 0.833. The van der Waals surface area contributed by atoms with Gasteiger partial charge >= 0.3 is 0 Å². The third-order valence-corrected chi connectivity index (χ3v) is 5.60. The first-order chi connectivity index (χ1) is 9.78. The molecule has 2 bridgehead atoms. The van der Waals surface area contributed by atoms with Gasteiger partial charge in [-0.1, -0.05) is 18.6 Å². The van der Waals surface area contributed by atoms with Crippen molar-refractivity contribution in [2.75, 3.05) is 0 Å². The van der Waals surface area contributed by atoms with E-state index in [0.29, 0.717) is 0 Å². The summed E-state index contributed by atoms with van der Waals surface area (Å²) < 4.78 is 3.28. The Kier molecular flexibility index (Phi) is 3.28. The van der Waals surface area contributed by atoms with E-state index < -0.39 is 0 Å². The summed E-state index contributed by atoms with van der Waals surface area (Å²) in [4.78, 5) is 4.48. The third kappa shape index (κ3) is 2.38. The Hall–Kier alpha value is -0.910. The molecule has 1 aromatic heterocycles. The van der Waals surface area contributed by atoms with Crippen molar-refractivity contribution in [3.05, 3.63) is 34.2 Å². The molecule has 1 aromatic carbocycles. The molecule has 3 nitrogen and oxygen atoms in total. The van der Waals surface area contributed by atoms with E-state index in [2.05, 4.69) is 61.6 Å². The summed E-state index contributed by atoms with van der Waals surface area (Å²) in [6, 6.07) is 8.38. The topological polar surface area (TPSA) is 30.7 Å². The van der Waals surface area contributed by atoms with Crippen molar-refractivity contribution in [3.63, 3.8) is 0 Å². The smallest absolute Gasteiger partial charge is 0.181 e. The second-order valence-electron chi connectivity index (χ2n) is 6.24. The summed E-state index contributed by atoms with van der Waals surface area (Å²) in [6.45, 7) is 1.05. The van der Waals surface area contributed by atoms with Crippen molar-refractivity contribution in [2.24, 2.45) is 17.8 Å². The van der Waals surface area contributed by atoms with Gasteiger partial charge in [0.05, 0.1) is 0 Å². The zero-order valence-electron chi connectivity index (χ0n) is 11.4. The number of hydrogen-bond acceptors (Lipinski definition) is 2. The van der Waals surface area contributed by atoms with Gasteiger partial charge in [-0.15, -0.1) is 0 Å². The van der Waals surface area contributed by atoms with Crippen LogP contribution >= 0.6 is 22.6 Å². The lowest BCUT2D eigenvalue weighted by atomic mass is 9.89. The van der Waals surface area contributed by atoms with Crippen LogP contribution in [0.5, 0.6) is 0 Å². The van der Waals surface area contributed by atoms with Crippen molar-refractivity contribution in [3.8, 4) is 11.4 Å². The zero-order chi connectivity index (χ0) is 13.5. The first kappa shape index (κ1) is 12.8. The third-order valence-electron chi connectivity index (χ3n) is 4.93. The Bertz CT molecular complexity index is 622. The molecule has 1 heterocycles. The molecular weight excluding hydrogens is 361 g/mol. The van der Waals surface area contributed by atoms with Gasteiger partial charge in [0.1, 0.15) is 6.33 Å². The number of halogens is 1. The minimum absolute atomic E-state index is 0.833. The number of fused-ring (bicyclic) bond motifs is 2. The van der Waals surface area contributed by atoms with Crippen LogP contribution < -0.4 is 0 Å². The monoisotopic (exact) mass is 379 g/mol. The first-order valence-corrected chi connectivity index (χ1v) is 8.51. The SMILES string of the molecule is Ic1cccc(-c2ncn(CC3CC4CCC3C4)n2)c1. The molecule has 104 valence electrons. The van der Waals surface area contributed by atoms with Crippen LogP contribution in [0.3, 0.4) is 0 Å². The van der Waals surface area contributed by atoms with Gasteiger partial charge in [0.15, 0.2) is 5.82 Å². The Morgan fingerprint density at radius 3 is 2.95 bits per heavy atom. The summed E-state index contributed by atoms with van der Waals surface area (Å²) in [6.07, 6.45) is 7.67. The minimum Gasteiger partial charge on any atom is -0.252 e. The fraction of sp³-hybridized carbons (Fsp3) is 0.500. The van der Waals surface area contributed by atoms with Crippen molar-refractivity contribution < 1.29 is 0 Å². The van der Waals surface area contributed by atoms with Gasteiger partial charge in [-0.3, -0.25) is 4.68 Å². The van der Waals surface area contributed by atoms with E-state index in [1.807, 2.05) is 6.33 Å². The molecule has 20 heavy (non-hydrogen) atoms. The molecule has 2 fully saturated rings. The predicted molar refractivity (Wildman–Crippen MR) is 87.1 cm³/mol. The second-order valence-corrected chi connectivity index (χ2v) is 7.48. The molecule has 0 saturated heterocycles. The van der Waals surface area contributed by atoms with Gasteiger partial charge in [0.2, 0.25) is 0 Å². The average molecular weight is 379 g/mol. The number of aromatic nitrogens is 3. The lowest BCUT2D eigenvalue weighted by Gasteiger charge is -2.20. The second kappa shape index (κ2) is 5.13. The van der Waals surface area contributed by atoms with Crippen LogP contribution in [0.25, 0.3) is 11.4 Å². The molecule has 2 saturated carbocycles. The van der Waals surface area contributed by atoms with E-state index in [1.54, 1.807) is 0 Å². The van der Waals surface area contributed by atoms with Gasteiger partial charge in [0.25, 0.3) is 0 Å². The Morgan fingerprint density at radius 1 is 1.25 bits per heavy atom. The van der Waals surface area contributed by atoms with E-state index in [-0.39, 0.29) is 0 Å². The Labute approximate surface area is 132 Å². The summed E-state index contributed by atoms with van der Waals surface area (Å²) >= 11 is 2.33. The highest BCUT2D eigenvalue weighted by Crippen LogP contribution is 2.48. The molecule has 2 aliphatic rings. The van der Waals surface area contributed by atoms with E-state index >= 15 is 0 Å². The lowest BCUT2D eigenvalue weighted by Crippen LogP contribution is -2.17. The first-order valence-electron chi connectivity index (χ1n) is 7.43. The molecule has 0 aliphatic heterocycles. The zero-order valence-corrected chi connectivity index (χ0v) is 13.5. The summed E-state index contributed by atoms with van der Waals surface area (Å²) in [7, 11) is 0. The van der Waals surface area contributed by atoms with Gasteiger partial charge in [-0.2, -0.15) is 5.10 Å². The standard InChI is InChI=1S/C16H18IN3/c17-15-3-1-2-13(8-15)16-18-10-20(19-16)9-14-7-11-4-5-12(14)6-11/h1-3,8,10-12,14H,4-7,9H2. The fourth-order valence-electron chi connectivity index (χ4n) is 3.98. The molecular formula is C16H18IN3. The number of rotatable bonds is 3. The molecule has 4 heteroatoms. The fourth-order valence-corrected chi connectivity index (χ4v) is 4.53. The molecule has 3 unspecified atom stereocenters. The maximum atomic E-state index is 4.67. The van der Waals surface area contributed by atoms with E-state index in [0.717, 1.165) is 35.7 Å². The van der Waals surface area contributed by atoms with Crippen molar-refractivity contribution in [2.45, 2.75) is 32.2 Å². The van der Waals surface area contributed by atoms with Gasteiger partial charge in [-0.25, -0.2) is 4.98 Å². The van der Waals surface area contributed by atoms with Gasteiger partial charge in [-0.05, 0) is 71.7 Å². The normalized spacial score (nSPS) is 28.1. The van der Waals surface area contributed by atoms with E-state index in [1.165, 1.54) is 29.3 Å². The van der Waals surface area contributed by atoms with E-state index in [4.69, 9.17) is 0 Å². The Balaban J connectivity index is 1.51. The molecule has 0 spiro atoms. The maximum Gasteiger partial charge on any atom is 0.181 e. The highest BCUT2D eigenvalue weighted by Gasteiger charge is 2.39. The largest absolute Gasteiger partial charge is 0.252 e. The number of hydrogen-bond donors (Lipinski definition) is 0. The van der Waals surface area contributed by atoms with Crippen LogP contribution in [0.1, 0.15) is 25.7 Å². The van der Waals surface area contributed by atoms with Crippen LogP contribution in [-0.4, -0.2) is 14.8 Å². The van der Waals surface area contributed by atoms with Gasteiger partial charge < -0.3 is 0 Å². The van der Waals surface area contributed by atoms with Crippen LogP contribution in [0, 0.1) is 21.3 Å². The molecule has 2 aromatic rings. The van der Waals surface area contributed by atoms with Crippen molar-refractivity contribution in [1.29, 1.82) is 0 Å². The highest BCUT2D eigenvalue weighted by molar-refractivity contribution is 14.1. The maximum absolute atomic E-state index is 4.67. The molecule has 0 N–H and O–H groups in total. The number of benzene rings is 1. The van der Waals surface area contributed by atoms with Crippen molar-refractivity contribution in [1.82, 2.24) is 14.8 Å². The number of nitrogens with zero attached hydrogens (tertiary/aromatic N) is 3. The van der Waals surface area contributed by atoms with Crippen LogP contribution in [0.2, 0.25) is 0 Å². The van der Waals surface area contributed by atoms with E-state index in [9.17, 15) is 0 Å². The lowest BCUT2D eigenvalue weighted by molar-refractivity contribution is 0.285. The molecule has 3 atom stereocenters. The Morgan fingerprint density at radius 2 is 2.20 bits per heavy atom. The van der Waals surface area contributed by atoms with Crippen molar-refractivity contribution >= 4 is 22.6 Å².